The van der Waals surface area contributed by atoms with Gasteiger partial charge >= 0.3 is 0 Å². The molecule has 0 aliphatic rings. The Bertz CT molecular complexity index is 654. The number of hydrogen-bond donors (Lipinski definition) is 1. The molecule has 0 saturated heterocycles. The molecule has 2 heterocycles. The minimum Gasteiger partial charge on any atom is -0.350 e. The Kier molecular flexibility index (Phi) is 6.66. The lowest BCUT2D eigenvalue weighted by Gasteiger charge is -2.21. The van der Waals surface area contributed by atoms with Crippen LogP contribution in [-0.4, -0.2) is 38.8 Å². The molecule has 2 aromatic rings. The number of aryl methyl sites for hydroxylation is 1. The highest BCUT2D eigenvalue weighted by molar-refractivity contribution is 5.92. The van der Waals surface area contributed by atoms with E-state index >= 15 is 0 Å². The zero-order valence-corrected chi connectivity index (χ0v) is 14.6. The zero-order chi connectivity index (χ0) is 17.4. The highest BCUT2D eigenvalue weighted by atomic mass is 16.2. The molecule has 6 heteroatoms. The minimum atomic E-state index is -0.0313. The van der Waals surface area contributed by atoms with Crippen LogP contribution < -0.4 is 5.32 Å². The number of nitrogens with one attached hydrogen (secondary N) is 1. The summed E-state index contributed by atoms with van der Waals surface area (Å²) in [5.74, 6) is 0.444. The van der Waals surface area contributed by atoms with Crippen molar-refractivity contribution >= 4 is 11.9 Å². The number of pyridine rings is 1. The summed E-state index contributed by atoms with van der Waals surface area (Å²) >= 11 is 0. The van der Waals surface area contributed by atoms with Crippen LogP contribution in [0.1, 0.15) is 48.4 Å². The maximum atomic E-state index is 12.7. The van der Waals surface area contributed by atoms with Crippen LogP contribution in [0.5, 0.6) is 0 Å². The molecule has 2 rings (SSSR count). The standard InChI is InChI=1S/C18H25N5O/c1-4-10-23(11-5-2)17(24)16-12-14(3)21-18(22-16)20-13-15-6-8-19-9-7-15/h6-9,12H,4-5,10-11,13H2,1-3H3,(H,20,21,22). The number of anilines is 1. The fraction of sp³-hybridized carbons (Fsp3) is 0.444. The molecular formula is C18H25N5O. The fourth-order valence-electron chi connectivity index (χ4n) is 2.46. The van der Waals surface area contributed by atoms with E-state index in [-0.39, 0.29) is 5.91 Å². The fourth-order valence-corrected chi connectivity index (χ4v) is 2.46. The first-order chi connectivity index (χ1) is 11.6. The second kappa shape index (κ2) is 8.96. The highest BCUT2D eigenvalue weighted by Gasteiger charge is 2.17. The molecule has 6 nitrogen and oxygen atoms in total. The first-order valence-corrected chi connectivity index (χ1v) is 8.41. The van der Waals surface area contributed by atoms with Crippen molar-refractivity contribution in [3.05, 3.63) is 47.5 Å². The first kappa shape index (κ1) is 17.8. The molecule has 0 unspecified atom stereocenters. The summed E-state index contributed by atoms with van der Waals surface area (Å²) in [5.41, 5.74) is 2.31. The number of hydrogen-bond acceptors (Lipinski definition) is 5. The van der Waals surface area contributed by atoms with E-state index in [4.69, 9.17) is 0 Å². The van der Waals surface area contributed by atoms with Gasteiger partial charge in [-0.1, -0.05) is 13.8 Å². The molecule has 0 saturated carbocycles. The summed E-state index contributed by atoms with van der Waals surface area (Å²) in [4.78, 5) is 27.3. The van der Waals surface area contributed by atoms with Gasteiger partial charge in [0, 0.05) is 37.7 Å². The van der Waals surface area contributed by atoms with Crippen LogP contribution in [0.3, 0.4) is 0 Å². The summed E-state index contributed by atoms with van der Waals surface area (Å²) in [6.07, 6.45) is 5.36. The average Bonchev–Trinajstić information content (AvgIpc) is 2.59. The van der Waals surface area contributed by atoms with E-state index in [9.17, 15) is 4.79 Å². The van der Waals surface area contributed by atoms with Crippen LogP contribution in [0.15, 0.2) is 30.6 Å². The van der Waals surface area contributed by atoms with E-state index in [1.54, 1.807) is 18.5 Å². The Morgan fingerprint density at radius 2 is 1.79 bits per heavy atom. The largest absolute Gasteiger partial charge is 0.350 e. The van der Waals surface area contributed by atoms with Crippen LogP contribution in [0.4, 0.5) is 5.95 Å². The van der Waals surface area contributed by atoms with Gasteiger partial charge in [0.1, 0.15) is 5.69 Å². The average molecular weight is 327 g/mol. The smallest absolute Gasteiger partial charge is 0.272 e. The van der Waals surface area contributed by atoms with E-state index < -0.39 is 0 Å². The molecule has 2 aromatic heterocycles. The van der Waals surface area contributed by atoms with E-state index in [0.29, 0.717) is 18.2 Å². The molecule has 24 heavy (non-hydrogen) atoms. The summed E-state index contributed by atoms with van der Waals surface area (Å²) < 4.78 is 0. The van der Waals surface area contributed by atoms with Crippen LogP contribution in [0.2, 0.25) is 0 Å². The number of carbonyl (C=O) groups excluding carboxylic acids is 1. The lowest BCUT2D eigenvalue weighted by Crippen LogP contribution is -2.33. The number of nitrogens with zero attached hydrogens (tertiary/aromatic N) is 4. The van der Waals surface area contributed by atoms with E-state index in [2.05, 4.69) is 34.1 Å². The molecule has 128 valence electrons. The maximum Gasteiger partial charge on any atom is 0.272 e. The van der Waals surface area contributed by atoms with Gasteiger partial charge in [-0.3, -0.25) is 9.78 Å². The molecule has 1 N–H and O–H groups in total. The van der Waals surface area contributed by atoms with Gasteiger partial charge in [-0.15, -0.1) is 0 Å². The van der Waals surface area contributed by atoms with E-state index in [1.807, 2.05) is 24.0 Å². The second-order valence-corrected chi connectivity index (χ2v) is 5.72. The van der Waals surface area contributed by atoms with Gasteiger partial charge in [-0.25, -0.2) is 9.97 Å². The number of aromatic nitrogens is 3. The van der Waals surface area contributed by atoms with Crippen LogP contribution in [0.25, 0.3) is 0 Å². The Morgan fingerprint density at radius 1 is 1.12 bits per heavy atom. The highest BCUT2D eigenvalue weighted by Crippen LogP contribution is 2.10. The molecule has 0 aliphatic carbocycles. The maximum absolute atomic E-state index is 12.7. The lowest BCUT2D eigenvalue weighted by atomic mass is 10.2. The van der Waals surface area contributed by atoms with Crippen molar-refractivity contribution in [2.24, 2.45) is 0 Å². The van der Waals surface area contributed by atoms with Crippen molar-refractivity contribution < 1.29 is 4.79 Å². The normalized spacial score (nSPS) is 10.5. The molecule has 0 atom stereocenters. The molecule has 0 fully saturated rings. The van der Waals surface area contributed by atoms with Gasteiger partial charge in [0.2, 0.25) is 5.95 Å². The van der Waals surface area contributed by atoms with Crippen molar-refractivity contribution in [3.63, 3.8) is 0 Å². The molecule has 0 bridgehead atoms. The molecule has 0 aliphatic heterocycles. The quantitative estimate of drug-likeness (QED) is 0.807. The third-order valence-corrected chi connectivity index (χ3v) is 3.55. The molecule has 1 amide bonds. The predicted molar refractivity (Wildman–Crippen MR) is 94.8 cm³/mol. The monoisotopic (exact) mass is 327 g/mol. The number of rotatable bonds is 8. The first-order valence-electron chi connectivity index (χ1n) is 8.41. The van der Waals surface area contributed by atoms with E-state index in [0.717, 1.165) is 37.2 Å². The summed E-state index contributed by atoms with van der Waals surface area (Å²) in [5, 5.41) is 3.18. The van der Waals surface area contributed by atoms with Gasteiger partial charge in [-0.2, -0.15) is 0 Å². The van der Waals surface area contributed by atoms with Crippen LogP contribution in [-0.2, 0) is 6.54 Å². The van der Waals surface area contributed by atoms with Gasteiger partial charge in [0.05, 0.1) is 0 Å². The Morgan fingerprint density at radius 3 is 2.42 bits per heavy atom. The molecule has 0 aromatic carbocycles. The topological polar surface area (TPSA) is 71.0 Å². The summed E-state index contributed by atoms with van der Waals surface area (Å²) in [6, 6.07) is 5.61. The predicted octanol–water partition coefficient (Wildman–Crippen LogP) is 3.05. The zero-order valence-electron chi connectivity index (χ0n) is 14.6. The van der Waals surface area contributed by atoms with Crippen molar-refractivity contribution in [1.82, 2.24) is 19.9 Å². The number of carbonyl (C=O) groups is 1. The van der Waals surface area contributed by atoms with Crippen molar-refractivity contribution in [2.75, 3.05) is 18.4 Å². The third kappa shape index (κ3) is 5.01. The molecule has 0 radical (unpaired) electrons. The lowest BCUT2D eigenvalue weighted by molar-refractivity contribution is 0.0749. The summed E-state index contributed by atoms with van der Waals surface area (Å²) in [6.45, 7) is 8.10. The van der Waals surface area contributed by atoms with Crippen molar-refractivity contribution in [1.29, 1.82) is 0 Å². The summed E-state index contributed by atoms with van der Waals surface area (Å²) in [7, 11) is 0. The number of amides is 1. The van der Waals surface area contributed by atoms with Crippen molar-refractivity contribution in [3.8, 4) is 0 Å². The third-order valence-electron chi connectivity index (χ3n) is 3.55. The van der Waals surface area contributed by atoms with Gasteiger partial charge < -0.3 is 10.2 Å². The Hall–Kier alpha value is -2.50. The minimum absolute atomic E-state index is 0.0313. The SMILES string of the molecule is CCCN(CCC)C(=O)c1cc(C)nc(NCc2ccncc2)n1. The van der Waals surface area contributed by atoms with E-state index in [1.165, 1.54) is 0 Å². The van der Waals surface area contributed by atoms with Gasteiger partial charge in [0.15, 0.2) is 0 Å². The van der Waals surface area contributed by atoms with Crippen LogP contribution in [0, 0.1) is 6.92 Å². The Balaban J connectivity index is 2.13. The van der Waals surface area contributed by atoms with Crippen molar-refractivity contribution in [2.45, 2.75) is 40.2 Å². The van der Waals surface area contributed by atoms with Gasteiger partial charge in [-0.05, 0) is 43.5 Å². The molecular weight excluding hydrogens is 302 g/mol. The molecule has 0 spiro atoms. The second-order valence-electron chi connectivity index (χ2n) is 5.72. The van der Waals surface area contributed by atoms with Crippen LogP contribution >= 0.6 is 0 Å². The van der Waals surface area contributed by atoms with Gasteiger partial charge in [0.25, 0.3) is 5.91 Å². The Labute approximate surface area is 143 Å².